The highest BCUT2D eigenvalue weighted by Gasteiger charge is 2.07. The summed E-state index contributed by atoms with van der Waals surface area (Å²) in [6, 6.07) is 8.69. The smallest absolute Gasteiger partial charge is 0.242 e. The monoisotopic (exact) mass is 221 g/mol. The summed E-state index contributed by atoms with van der Waals surface area (Å²) in [5.41, 5.74) is 8.27. The normalized spacial score (nSPS) is 13.0. The Morgan fingerprint density at radius 3 is 2.50 bits per heavy atom. The first kappa shape index (κ1) is 12.0. The quantitative estimate of drug-likeness (QED) is 0.245. The molecule has 0 aliphatic carbocycles. The number of para-hydroxylation sites is 1. The van der Waals surface area contributed by atoms with Crippen molar-refractivity contribution in [3.05, 3.63) is 30.3 Å². The molecule has 6 N–H and O–H groups in total. The Kier molecular flexibility index (Phi) is 4.28. The van der Waals surface area contributed by atoms with E-state index in [1.54, 1.807) is 6.92 Å². The number of rotatable bonds is 3. The minimum Gasteiger partial charge on any atom is -0.368 e. The van der Waals surface area contributed by atoms with Crippen LogP contribution in [0.4, 0.5) is 5.69 Å². The maximum atomic E-state index is 10.8. The molecule has 0 aromatic heterocycles. The number of carbonyl (C=O) groups is 1. The van der Waals surface area contributed by atoms with Gasteiger partial charge in [0.2, 0.25) is 11.9 Å². The summed E-state index contributed by atoms with van der Waals surface area (Å²) < 4.78 is 0. The summed E-state index contributed by atoms with van der Waals surface area (Å²) in [7, 11) is 0. The molecule has 6 heteroatoms. The average Bonchev–Trinajstić information content (AvgIpc) is 2.29. The molecule has 0 radical (unpaired) electrons. The lowest BCUT2D eigenvalue weighted by Crippen LogP contribution is -2.38. The summed E-state index contributed by atoms with van der Waals surface area (Å²) in [6.07, 6.45) is 0. The Balaban J connectivity index is 2.73. The molecule has 0 heterocycles. The Hall–Kier alpha value is -2.08. The lowest BCUT2D eigenvalue weighted by molar-refractivity contribution is -0.118. The van der Waals surface area contributed by atoms with Crippen molar-refractivity contribution in [2.75, 3.05) is 5.32 Å². The van der Waals surface area contributed by atoms with Crippen molar-refractivity contribution >= 4 is 17.6 Å². The molecule has 0 spiro atoms. The fourth-order valence-corrected chi connectivity index (χ4v) is 1.02. The second-order valence-electron chi connectivity index (χ2n) is 3.19. The van der Waals surface area contributed by atoms with Gasteiger partial charge in [0, 0.05) is 5.69 Å². The zero-order valence-corrected chi connectivity index (χ0v) is 8.97. The molecule has 6 nitrogen and oxygen atoms in total. The number of anilines is 1. The number of aliphatic imine (C=N–C) groups is 1. The van der Waals surface area contributed by atoms with Crippen molar-refractivity contribution in [3.8, 4) is 0 Å². The van der Waals surface area contributed by atoms with Crippen LogP contribution in [-0.4, -0.2) is 17.9 Å². The minimum absolute atomic E-state index is 0.289. The van der Waals surface area contributed by atoms with E-state index in [1.807, 2.05) is 30.3 Å². The largest absolute Gasteiger partial charge is 0.368 e. The highest BCUT2D eigenvalue weighted by Crippen LogP contribution is 2.04. The predicted octanol–water partition coefficient (Wildman–Crippen LogP) is -0.208. The molecule has 1 rings (SSSR count). The van der Waals surface area contributed by atoms with Crippen molar-refractivity contribution in [1.82, 2.24) is 5.43 Å². The summed E-state index contributed by atoms with van der Waals surface area (Å²) >= 11 is 0. The van der Waals surface area contributed by atoms with Crippen LogP contribution in [-0.2, 0) is 4.79 Å². The minimum atomic E-state index is -0.637. The number of carbonyl (C=O) groups excluding carboxylic acids is 1. The standard InChI is InChI=1S/C10H15N5O/c1-7(9(11)16)13-10(15-12)14-8-5-3-2-4-6-8/h2-7H,12H2,1H3,(H2,11,16)(H2,13,14,15). The predicted molar refractivity (Wildman–Crippen MR) is 63.5 cm³/mol. The number of hydrogen-bond acceptors (Lipinski definition) is 3. The molecule has 86 valence electrons. The third kappa shape index (κ3) is 3.58. The van der Waals surface area contributed by atoms with Crippen molar-refractivity contribution in [3.63, 3.8) is 0 Å². The van der Waals surface area contributed by atoms with Gasteiger partial charge >= 0.3 is 0 Å². The Morgan fingerprint density at radius 1 is 1.38 bits per heavy atom. The van der Waals surface area contributed by atoms with Crippen LogP contribution in [0.25, 0.3) is 0 Å². The number of amides is 1. The maximum Gasteiger partial charge on any atom is 0.242 e. The molecule has 0 bridgehead atoms. The molecule has 0 aliphatic rings. The van der Waals surface area contributed by atoms with E-state index < -0.39 is 11.9 Å². The molecule has 0 saturated carbocycles. The number of nitrogens with one attached hydrogen (secondary N) is 2. The second kappa shape index (κ2) is 5.72. The van der Waals surface area contributed by atoms with Gasteiger partial charge in [-0.25, -0.2) is 10.8 Å². The number of nitrogens with zero attached hydrogens (tertiary/aromatic N) is 1. The first-order valence-corrected chi connectivity index (χ1v) is 4.79. The average molecular weight is 221 g/mol. The molecular weight excluding hydrogens is 206 g/mol. The first-order chi connectivity index (χ1) is 7.63. The van der Waals surface area contributed by atoms with Crippen LogP contribution in [0, 0.1) is 0 Å². The molecule has 1 aromatic rings. The summed E-state index contributed by atoms with van der Waals surface area (Å²) in [4.78, 5) is 14.8. The van der Waals surface area contributed by atoms with Crippen LogP contribution < -0.4 is 22.3 Å². The summed E-state index contributed by atoms with van der Waals surface area (Å²) in [5, 5.41) is 2.92. The highest BCUT2D eigenvalue weighted by molar-refractivity contribution is 5.95. The molecular formula is C10H15N5O. The number of hydrazine groups is 1. The van der Waals surface area contributed by atoms with Gasteiger partial charge < -0.3 is 11.1 Å². The second-order valence-corrected chi connectivity index (χ2v) is 3.19. The van der Waals surface area contributed by atoms with Crippen LogP contribution in [0.1, 0.15) is 6.92 Å². The zero-order chi connectivity index (χ0) is 12.0. The van der Waals surface area contributed by atoms with Crippen molar-refractivity contribution < 1.29 is 4.79 Å². The molecule has 0 saturated heterocycles. The number of primary amides is 1. The van der Waals surface area contributed by atoms with Gasteiger partial charge in [0.15, 0.2) is 0 Å². The summed E-state index contributed by atoms with van der Waals surface area (Å²) in [5.74, 6) is 5.05. The molecule has 1 aromatic carbocycles. The van der Waals surface area contributed by atoms with Crippen LogP contribution >= 0.6 is 0 Å². The fraction of sp³-hybridized carbons (Fsp3) is 0.200. The Bertz CT molecular complexity index is 376. The molecule has 1 amide bonds. The van der Waals surface area contributed by atoms with E-state index >= 15 is 0 Å². The highest BCUT2D eigenvalue weighted by atomic mass is 16.1. The molecule has 16 heavy (non-hydrogen) atoms. The molecule has 1 atom stereocenters. The molecule has 0 fully saturated rings. The van der Waals surface area contributed by atoms with E-state index in [0.717, 1.165) is 5.69 Å². The number of hydrogen-bond donors (Lipinski definition) is 4. The van der Waals surface area contributed by atoms with Gasteiger partial charge in [0.25, 0.3) is 0 Å². The third-order valence-corrected chi connectivity index (χ3v) is 1.91. The summed E-state index contributed by atoms with van der Waals surface area (Å²) in [6.45, 7) is 1.59. The maximum absolute atomic E-state index is 10.8. The van der Waals surface area contributed by atoms with E-state index in [-0.39, 0.29) is 5.96 Å². The Labute approximate surface area is 93.7 Å². The molecule has 0 aliphatic heterocycles. The number of guanidine groups is 1. The van der Waals surface area contributed by atoms with Crippen LogP contribution in [0.5, 0.6) is 0 Å². The van der Waals surface area contributed by atoms with Crippen LogP contribution in [0.2, 0.25) is 0 Å². The van der Waals surface area contributed by atoms with Crippen LogP contribution in [0.15, 0.2) is 35.3 Å². The fourth-order valence-electron chi connectivity index (χ4n) is 1.02. The van der Waals surface area contributed by atoms with Crippen molar-refractivity contribution in [2.24, 2.45) is 16.6 Å². The van der Waals surface area contributed by atoms with E-state index in [9.17, 15) is 4.79 Å². The van der Waals surface area contributed by atoms with Gasteiger partial charge in [-0.2, -0.15) is 0 Å². The van der Waals surface area contributed by atoms with Crippen molar-refractivity contribution in [2.45, 2.75) is 13.0 Å². The SMILES string of the molecule is CC(N=C(NN)Nc1ccccc1)C(N)=O. The van der Waals surface area contributed by atoms with Gasteiger partial charge in [0.1, 0.15) is 6.04 Å². The van der Waals surface area contributed by atoms with E-state index in [0.29, 0.717) is 0 Å². The van der Waals surface area contributed by atoms with Gasteiger partial charge in [-0.15, -0.1) is 0 Å². The number of nitrogens with two attached hydrogens (primary N) is 2. The van der Waals surface area contributed by atoms with E-state index in [2.05, 4.69) is 15.7 Å². The molecule has 1 unspecified atom stereocenters. The van der Waals surface area contributed by atoms with Crippen LogP contribution in [0.3, 0.4) is 0 Å². The lowest BCUT2D eigenvalue weighted by Gasteiger charge is -2.10. The Morgan fingerprint density at radius 2 is 2.00 bits per heavy atom. The topological polar surface area (TPSA) is 106 Å². The van der Waals surface area contributed by atoms with Crippen molar-refractivity contribution in [1.29, 1.82) is 0 Å². The van der Waals surface area contributed by atoms with Gasteiger partial charge in [-0.3, -0.25) is 10.2 Å². The van der Waals surface area contributed by atoms with Gasteiger partial charge in [0.05, 0.1) is 0 Å². The first-order valence-electron chi connectivity index (χ1n) is 4.79. The third-order valence-electron chi connectivity index (χ3n) is 1.91. The van der Waals surface area contributed by atoms with Gasteiger partial charge in [-0.05, 0) is 19.1 Å². The lowest BCUT2D eigenvalue weighted by atomic mass is 10.3. The van der Waals surface area contributed by atoms with E-state index in [1.165, 1.54) is 0 Å². The van der Waals surface area contributed by atoms with E-state index in [4.69, 9.17) is 11.6 Å². The number of benzene rings is 1. The van der Waals surface area contributed by atoms with Gasteiger partial charge in [-0.1, -0.05) is 18.2 Å². The zero-order valence-electron chi connectivity index (χ0n) is 8.97.